The molecule has 2 aromatic rings. The molecule has 2 nitrogen and oxygen atoms in total. The smallest absolute Gasteiger partial charge is 0.150 e. The SMILES string of the molecule is COc1ccc(-c2cccc(Cl)c2Cl)c(C=O)c1. The lowest BCUT2D eigenvalue weighted by atomic mass is 10.00. The number of benzene rings is 2. The molecular formula is C14H10Cl2O2. The topological polar surface area (TPSA) is 26.3 Å². The van der Waals surface area contributed by atoms with Gasteiger partial charge >= 0.3 is 0 Å². The van der Waals surface area contributed by atoms with Gasteiger partial charge in [-0.05, 0) is 29.8 Å². The summed E-state index contributed by atoms with van der Waals surface area (Å²) in [4.78, 5) is 11.1. The molecular weight excluding hydrogens is 271 g/mol. The monoisotopic (exact) mass is 280 g/mol. The Morgan fingerprint density at radius 2 is 1.89 bits per heavy atom. The normalized spacial score (nSPS) is 10.2. The Balaban J connectivity index is 2.63. The zero-order valence-corrected chi connectivity index (χ0v) is 11.1. The van der Waals surface area contributed by atoms with Crippen molar-refractivity contribution in [1.82, 2.24) is 0 Å². The molecule has 2 aromatic carbocycles. The van der Waals surface area contributed by atoms with Gasteiger partial charge in [-0.15, -0.1) is 0 Å². The number of hydrogen-bond donors (Lipinski definition) is 0. The summed E-state index contributed by atoms with van der Waals surface area (Å²) in [6.45, 7) is 0. The summed E-state index contributed by atoms with van der Waals surface area (Å²) in [6, 6.07) is 10.6. The fourth-order valence-corrected chi connectivity index (χ4v) is 2.12. The van der Waals surface area contributed by atoms with Gasteiger partial charge in [0.2, 0.25) is 0 Å². The molecule has 0 bridgehead atoms. The first-order valence-electron chi connectivity index (χ1n) is 5.25. The lowest BCUT2D eigenvalue weighted by molar-refractivity contribution is 0.112. The van der Waals surface area contributed by atoms with Gasteiger partial charge in [0.1, 0.15) is 5.75 Å². The summed E-state index contributed by atoms with van der Waals surface area (Å²) in [7, 11) is 1.55. The number of halogens is 2. The number of methoxy groups -OCH3 is 1. The predicted molar refractivity (Wildman–Crippen MR) is 73.8 cm³/mol. The molecule has 0 saturated carbocycles. The molecule has 0 aliphatic carbocycles. The molecule has 18 heavy (non-hydrogen) atoms. The van der Waals surface area contributed by atoms with Crippen LogP contribution in [0, 0.1) is 0 Å². The average molecular weight is 281 g/mol. The van der Waals surface area contributed by atoms with Gasteiger partial charge in [0.15, 0.2) is 6.29 Å². The van der Waals surface area contributed by atoms with Gasteiger partial charge in [-0.3, -0.25) is 4.79 Å². The number of hydrogen-bond acceptors (Lipinski definition) is 2. The Hall–Kier alpha value is -1.51. The number of aldehydes is 1. The van der Waals surface area contributed by atoms with Crippen molar-refractivity contribution in [3.8, 4) is 16.9 Å². The molecule has 0 N–H and O–H groups in total. The van der Waals surface area contributed by atoms with Gasteiger partial charge in [0, 0.05) is 11.1 Å². The zero-order valence-electron chi connectivity index (χ0n) is 9.61. The molecule has 0 unspecified atom stereocenters. The van der Waals surface area contributed by atoms with Crippen LogP contribution in [0.15, 0.2) is 36.4 Å². The van der Waals surface area contributed by atoms with Crippen molar-refractivity contribution in [2.45, 2.75) is 0 Å². The van der Waals surface area contributed by atoms with E-state index in [0.717, 1.165) is 17.4 Å². The first-order valence-corrected chi connectivity index (χ1v) is 6.00. The highest BCUT2D eigenvalue weighted by Crippen LogP contribution is 2.35. The van der Waals surface area contributed by atoms with Crippen molar-refractivity contribution in [2.75, 3.05) is 7.11 Å². The lowest BCUT2D eigenvalue weighted by Gasteiger charge is -2.10. The Morgan fingerprint density at radius 3 is 2.56 bits per heavy atom. The molecule has 0 amide bonds. The van der Waals surface area contributed by atoms with E-state index in [1.54, 1.807) is 37.4 Å². The molecule has 0 spiro atoms. The molecule has 0 aliphatic heterocycles. The quantitative estimate of drug-likeness (QED) is 0.775. The molecule has 2 rings (SSSR count). The molecule has 0 aliphatic rings. The van der Waals surface area contributed by atoms with E-state index >= 15 is 0 Å². The highest BCUT2D eigenvalue weighted by Gasteiger charge is 2.11. The summed E-state index contributed by atoms with van der Waals surface area (Å²) >= 11 is 12.1. The summed E-state index contributed by atoms with van der Waals surface area (Å²) in [5.41, 5.74) is 1.98. The van der Waals surface area contributed by atoms with Crippen LogP contribution in [0.4, 0.5) is 0 Å². The van der Waals surface area contributed by atoms with Crippen molar-refractivity contribution < 1.29 is 9.53 Å². The fourth-order valence-electron chi connectivity index (χ4n) is 1.72. The van der Waals surface area contributed by atoms with Crippen LogP contribution in [-0.4, -0.2) is 13.4 Å². The summed E-state index contributed by atoms with van der Waals surface area (Å²) in [5, 5.41) is 0.897. The highest BCUT2D eigenvalue weighted by molar-refractivity contribution is 6.43. The molecule has 0 heterocycles. The maximum atomic E-state index is 11.1. The summed E-state index contributed by atoms with van der Waals surface area (Å²) in [6.07, 6.45) is 0.773. The van der Waals surface area contributed by atoms with Crippen molar-refractivity contribution in [3.05, 3.63) is 52.0 Å². The van der Waals surface area contributed by atoms with Crippen LogP contribution in [0.2, 0.25) is 10.0 Å². The minimum atomic E-state index is 0.437. The minimum Gasteiger partial charge on any atom is -0.497 e. The first-order chi connectivity index (χ1) is 8.67. The molecule has 0 saturated heterocycles. The summed E-state index contributed by atoms with van der Waals surface area (Å²) in [5.74, 6) is 0.624. The van der Waals surface area contributed by atoms with E-state index < -0.39 is 0 Å². The third kappa shape index (κ3) is 2.35. The molecule has 4 heteroatoms. The Labute approximate surface area is 115 Å². The molecule has 0 aromatic heterocycles. The Bertz CT molecular complexity index is 594. The number of rotatable bonds is 3. The van der Waals surface area contributed by atoms with E-state index in [1.165, 1.54) is 0 Å². The second-order valence-electron chi connectivity index (χ2n) is 3.67. The van der Waals surface area contributed by atoms with Crippen molar-refractivity contribution >= 4 is 29.5 Å². The van der Waals surface area contributed by atoms with Gasteiger partial charge < -0.3 is 4.74 Å². The van der Waals surface area contributed by atoms with E-state index in [2.05, 4.69) is 0 Å². The fraction of sp³-hybridized carbons (Fsp3) is 0.0714. The lowest BCUT2D eigenvalue weighted by Crippen LogP contribution is -1.91. The van der Waals surface area contributed by atoms with Crippen molar-refractivity contribution in [1.29, 1.82) is 0 Å². The molecule has 92 valence electrons. The third-order valence-corrected chi connectivity index (χ3v) is 3.45. The van der Waals surface area contributed by atoms with Crippen molar-refractivity contribution in [3.63, 3.8) is 0 Å². The van der Waals surface area contributed by atoms with Gasteiger partial charge in [-0.25, -0.2) is 0 Å². The highest BCUT2D eigenvalue weighted by atomic mass is 35.5. The molecule has 0 radical (unpaired) electrons. The van der Waals surface area contributed by atoms with Crippen LogP contribution in [0.25, 0.3) is 11.1 Å². The zero-order chi connectivity index (χ0) is 13.1. The van der Waals surface area contributed by atoms with Crippen LogP contribution in [0.3, 0.4) is 0 Å². The minimum absolute atomic E-state index is 0.437. The third-order valence-electron chi connectivity index (χ3n) is 2.63. The van der Waals surface area contributed by atoms with Crippen LogP contribution >= 0.6 is 23.2 Å². The number of ether oxygens (including phenoxy) is 1. The maximum absolute atomic E-state index is 11.1. The average Bonchev–Trinajstić information content (AvgIpc) is 2.41. The number of carbonyl (C=O) groups excluding carboxylic acids is 1. The van der Waals surface area contributed by atoms with Crippen LogP contribution < -0.4 is 4.74 Å². The summed E-state index contributed by atoms with van der Waals surface area (Å²) < 4.78 is 5.08. The molecule has 0 atom stereocenters. The van der Waals surface area contributed by atoms with Gasteiger partial charge in [-0.1, -0.05) is 35.3 Å². The number of carbonyl (C=O) groups is 1. The first kappa shape index (κ1) is 12.9. The van der Waals surface area contributed by atoms with Crippen LogP contribution in [0.5, 0.6) is 5.75 Å². The molecule has 0 fully saturated rings. The van der Waals surface area contributed by atoms with Gasteiger partial charge in [0.25, 0.3) is 0 Å². The van der Waals surface area contributed by atoms with Crippen LogP contribution in [-0.2, 0) is 0 Å². The maximum Gasteiger partial charge on any atom is 0.150 e. The van der Waals surface area contributed by atoms with E-state index in [0.29, 0.717) is 21.4 Å². The Kier molecular flexibility index (Phi) is 3.90. The van der Waals surface area contributed by atoms with E-state index in [1.807, 2.05) is 6.07 Å². The second kappa shape index (κ2) is 5.42. The predicted octanol–water partition coefficient (Wildman–Crippen LogP) is 4.48. The van der Waals surface area contributed by atoms with Crippen molar-refractivity contribution in [2.24, 2.45) is 0 Å². The van der Waals surface area contributed by atoms with Crippen LogP contribution in [0.1, 0.15) is 10.4 Å². The van der Waals surface area contributed by atoms with Gasteiger partial charge in [0.05, 0.1) is 17.2 Å². The standard InChI is InChI=1S/C14H10Cl2O2/c1-18-10-5-6-11(9(7-10)8-17)12-3-2-4-13(15)14(12)16/h2-8H,1H3. The Morgan fingerprint density at radius 1 is 1.11 bits per heavy atom. The van der Waals surface area contributed by atoms with E-state index in [4.69, 9.17) is 27.9 Å². The van der Waals surface area contributed by atoms with Gasteiger partial charge in [-0.2, -0.15) is 0 Å². The van der Waals surface area contributed by atoms with E-state index in [-0.39, 0.29) is 0 Å². The largest absolute Gasteiger partial charge is 0.497 e. The second-order valence-corrected chi connectivity index (χ2v) is 4.46. The van der Waals surface area contributed by atoms with E-state index in [9.17, 15) is 4.79 Å².